The van der Waals surface area contributed by atoms with E-state index in [4.69, 9.17) is 14.2 Å². The van der Waals surface area contributed by atoms with Crippen molar-refractivity contribution >= 4 is 12.4 Å². The highest BCUT2D eigenvalue weighted by atomic mass is 35.5. The van der Waals surface area contributed by atoms with Crippen LogP contribution in [0.3, 0.4) is 0 Å². The van der Waals surface area contributed by atoms with E-state index in [9.17, 15) is 35.7 Å². The number of halogens is 1. The molecular formula is C19H30ClNO10. The summed E-state index contributed by atoms with van der Waals surface area (Å²) in [5, 5.41) is 72.9. The van der Waals surface area contributed by atoms with Crippen molar-refractivity contribution in [1.82, 2.24) is 5.32 Å². The highest BCUT2D eigenvalue weighted by molar-refractivity contribution is 5.85. The van der Waals surface area contributed by atoms with E-state index in [0.717, 1.165) is 5.56 Å². The van der Waals surface area contributed by atoms with Crippen LogP contribution in [0, 0.1) is 0 Å². The van der Waals surface area contributed by atoms with Gasteiger partial charge in [0.15, 0.2) is 12.6 Å². The maximum Gasteiger partial charge on any atom is 0.187 e. The van der Waals surface area contributed by atoms with Crippen LogP contribution in [0.1, 0.15) is 5.56 Å². The molecule has 2 aliphatic rings. The van der Waals surface area contributed by atoms with Gasteiger partial charge in [0.1, 0.15) is 42.7 Å². The monoisotopic (exact) mass is 467 g/mol. The van der Waals surface area contributed by atoms with E-state index in [-0.39, 0.29) is 12.4 Å². The number of aliphatic hydroxyl groups excluding tert-OH is 7. The molecule has 2 aliphatic heterocycles. The summed E-state index contributed by atoms with van der Waals surface area (Å²) in [5.41, 5.74) is 0.896. The summed E-state index contributed by atoms with van der Waals surface area (Å²) in [6.07, 6.45) is -12.9. The predicted octanol–water partition coefficient (Wildman–Crippen LogP) is -3.18. The van der Waals surface area contributed by atoms with Crippen LogP contribution in [0.2, 0.25) is 0 Å². The number of hydrogen-bond donors (Lipinski definition) is 8. The summed E-state index contributed by atoms with van der Waals surface area (Å²) in [6, 6.07) is 8.25. The minimum Gasteiger partial charge on any atom is -0.394 e. The topological polar surface area (TPSA) is 181 Å². The molecule has 3 rings (SSSR count). The molecule has 11 nitrogen and oxygen atoms in total. The van der Waals surface area contributed by atoms with E-state index in [0.29, 0.717) is 6.54 Å². The Balaban J connectivity index is 0.00000341. The molecule has 1 unspecified atom stereocenters. The molecule has 0 aromatic heterocycles. The van der Waals surface area contributed by atoms with E-state index in [1.165, 1.54) is 0 Å². The fraction of sp³-hybridized carbons (Fsp3) is 0.684. The second-order valence-corrected chi connectivity index (χ2v) is 7.43. The van der Waals surface area contributed by atoms with Crippen molar-refractivity contribution in [3.8, 4) is 0 Å². The van der Waals surface area contributed by atoms with Gasteiger partial charge in [0.25, 0.3) is 0 Å². The summed E-state index contributed by atoms with van der Waals surface area (Å²) in [7, 11) is 0. The number of nitrogens with one attached hydrogen (secondary N) is 1. The third-order valence-corrected chi connectivity index (χ3v) is 5.40. The second-order valence-electron chi connectivity index (χ2n) is 7.43. The first-order valence-electron chi connectivity index (χ1n) is 9.73. The molecule has 10 atom stereocenters. The van der Waals surface area contributed by atoms with Gasteiger partial charge in [0.2, 0.25) is 0 Å². The molecule has 2 heterocycles. The van der Waals surface area contributed by atoms with E-state index in [1.54, 1.807) is 0 Å². The molecule has 1 aromatic carbocycles. The minimum absolute atomic E-state index is 0. The molecular weight excluding hydrogens is 438 g/mol. The highest BCUT2D eigenvalue weighted by Gasteiger charge is 2.50. The van der Waals surface area contributed by atoms with E-state index in [1.807, 2.05) is 30.3 Å². The third-order valence-electron chi connectivity index (χ3n) is 5.40. The van der Waals surface area contributed by atoms with Gasteiger partial charge in [-0.25, -0.2) is 0 Å². The van der Waals surface area contributed by atoms with Gasteiger partial charge in [-0.2, -0.15) is 0 Å². The Morgan fingerprint density at radius 3 is 2.06 bits per heavy atom. The summed E-state index contributed by atoms with van der Waals surface area (Å²) in [5.74, 6) is 0. The SMILES string of the molecule is Cl.OC[C@H]1O[C@@H](O[C@H]2[C@H](O)[C@@H](NCc3ccccc3)C(O)O[C@@H]2CO)[C@H](O)[C@@H](O)[C@H]1O. The number of ether oxygens (including phenoxy) is 3. The van der Waals surface area contributed by atoms with Crippen LogP contribution in [0.15, 0.2) is 30.3 Å². The second kappa shape index (κ2) is 11.8. The molecule has 8 N–H and O–H groups in total. The lowest BCUT2D eigenvalue weighted by molar-refractivity contribution is -0.345. The highest BCUT2D eigenvalue weighted by Crippen LogP contribution is 2.28. The standard InChI is InChI=1S/C19H29NO10.ClH/c21-7-10-13(23)15(25)16(26)19(29-10)30-17-11(8-22)28-18(27)12(14(17)24)20-6-9-4-2-1-3-5-9;/h1-5,10-27H,6-8H2;1H/t10-,11-,12-,13+,14-,15+,16-,17-,18?,19+;/m1./s1. The zero-order chi connectivity index (χ0) is 21.8. The Labute approximate surface area is 185 Å². The van der Waals surface area contributed by atoms with Crippen LogP contribution in [0.5, 0.6) is 0 Å². The fourth-order valence-corrected chi connectivity index (χ4v) is 3.64. The van der Waals surface area contributed by atoms with Crippen molar-refractivity contribution in [2.45, 2.75) is 67.9 Å². The largest absolute Gasteiger partial charge is 0.394 e. The Kier molecular flexibility index (Phi) is 10.0. The molecule has 0 aliphatic carbocycles. The van der Waals surface area contributed by atoms with Gasteiger partial charge in [0.05, 0.1) is 19.3 Å². The van der Waals surface area contributed by atoms with Crippen molar-refractivity contribution in [2.24, 2.45) is 0 Å². The van der Waals surface area contributed by atoms with Gasteiger partial charge in [0, 0.05) is 6.54 Å². The number of hydrogen-bond acceptors (Lipinski definition) is 11. The molecule has 2 saturated heterocycles. The van der Waals surface area contributed by atoms with Gasteiger partial charge in [-0.15, -0.1) is 12.4 Å². The van der Waals surface area contributed by atoms with Crippen LogP contribution in [-0.4, -0.2) is 110 Å². The summed E-state index contributed by atoms with van der Waals surface area (Å²) >= 11 is 0. The molecule has 12 heteroatoms. The third kappa shape index (κ3) is 5.90. The number of rotatable bonds is 7. The van der Waals surface area contributed by atoms with Crippen LogP contribution in [0.25, 0.3) is 0 Å². The molecule has 31 heavy (non-hydrogen) atoms. The van der Waals surface area contributed by atoms with E-state index < -0.39 is 74.6 Å². The lowest BCUT2D eigenvalue weighted by atomic mass is 9.95. The molecule has 0 radical (unpaired) electrons. The first kappa shape index (κ1) is 26.3. The lowest BCUT2D eigenvalue weighted by Gasteiger charge is -2.46. The van der Waals surface area contributed by atoms with Gasteiger partial charge in [-0.05, 0) is 5.56 Å². The first-order valence-corrected chi connectivity index (χ1v) is 9.73. The Morgan fingerprint density at radius 1 is 0.806 bits per heavy atom. The van der Waals surface area contributed by atoms with Crippen molar-refractivity contribution in [2.75, 3.05) is 13.2 Å². The molecule has 0 amide bonds. The van der Waals surface area contributed by atoms with Crippen LogP contribution in [0.4, 0.5) is 0 Å². The zero-order valence-corrected chi connectivity index (χ0v) is 17.4. The Bertz CT molecular complexity index is 656. The smallest absolute Gasteiger partial charge is 0.187 e. The summed E-state index contributed by atoms with van der Waals surface area (Å²) in [6.45, 7) is -0.945. The molecule has 0 saturated carbocycles. The molecule has 0 spiro atoms. The fourth-order valence-electron chi connectivity index (χ4n) is 3.64. The molecule has 1 aromatic rings. The normalized spacial score (nSPS) is 40.9. The van der Waals surface area contributed by atoms with Crippen LogP contribution in [-0.2, 0) is 20.8 Å². The number of aliphatic hydroxyl groups is 7. The molecule has 2 fully saturated rings. The van der Waals surface area contributed by atoms with Crippen molar-refractivity contribution < 1.29 is 50.0 Å². The van der Waals surface area contributed by atoms with E-state index >= 15 is 0 Å². The quantitative estimate of drug-likeness (QED) is 0.202. The van der Waals surface area contributed by atoms with Gasteiger partial charge in [-0.1, -0.05) is 30.3 Å². The zero-order valence-electron chi connectivity index (χ0n) is 16.5. The summed E-state index contributed by atoms with van der Waals surface area (Å²) < 4.78 is 16.3. The average Bonchev–Trinajstić information content (AvgIpc) is 2.76. The minimum atomic E-state index is -1.68. The maximum absolute atomic E-state index is 10.8. The maximum atomic E-state index is 10.8. The van der Waals surface area contributed by atoms with Crippen LogP contribution >= 0.6 is 12.4 Å². The van der Waals surface area contributed by atoms with Crippen molar-refractivity contribution in [3.05, 3.63) is 35.9 Å². The number of benzene rings is 1. The lowest BCUT2D eigenvalue weighted by Crippen LogP contribution is -2.66. The molecule has 0 bridgehead atoms. The summed E-state index contributed by atoms with van der Waals surface area (Å²) in [4.78, 5) is 0. The average molecular weight is 468 g/mol. The molecule has 178 valence electrons. The van der Waals surface area contributed by atoms with Crippen molar-refractivity contribution in [3.63, 3.8) is 0 Å². The Hall–Kier alpha value is -0.930. The van der Waals surface area contributed by atoms with Gasteiger partial charge < -0.3 is 55.3 Å². The first-order chi connectivity index (χ1) is 14.4. The van der Waals surface area contributed by atoms with Crippen molar-refractivity contribution in [1.29, 1.82) is 0 Å². The van der Waals surface area contributed by atoms with Crippen LogP contribution < -0.4 is 5.32 Å². The Morgan fingerprint density at radius 2 is 1.45 bits per heavy atom. The van der Waals surface area contributed by atoms with Gasteiger partial charge in [-0.3, -0.25) is 0 Å². The van der Waals surface area contributed by atoms with Gasteiger partial charge >= 0.3 is 0 Å². The predicted molar refractivity (Wildman–Crippen MR) is 107 cm³/mol. The van der Waals surface area contributed by atoms with E-state index in [2.05, 4.69) is 5.32 Å².